The number of carbonyl (C=O) groups excluding carboxylic acids is 2. The molecule has 3 aliphatic rings. The summed E-state index contributed by atoms with van der Waals surface area (Å²) >= 11 is 0. The van der Waals surface area contributed by atoms with Crippen LogP contribution in [0.1, 0.15) is 42.7 Å². The molecule has 5 rings (SSSR count). The van der Waals surface area contributed by atoms with Gasteiger partial charge in [0.2, 0.25) is 5.91 Å². The zero-order valence-electron chi connectivity index (χ0n) is 19.9. The average molecular weight is 478 g/mol. The molecule has 1 aliphatic carbocycles. The normalized spacial score (nSPS) is 22.1. The molecule has 3 atom stereocenters. The molecule has 35 heavy (non-hydrogen) atoms. The molecular formula is C27H31N3O5. The Morgan fingerprint density at radius 1 is 1.00 bits per heavy atom. The van der Waals surface area contributed by atoms with E-state index in [2.05, 4.69) is 22.3 Å². The van der Waals surface area contributed by atoms with Crippen LogP contribution in [0.2, 0.25) is 0 Å². The van der Waals surface area contributed by atoms with Gasteiger partial charge in [0.25, 0.3) is 0 Å². The Kier molecular flexibility index (Phi) is 6.47. The number of fused-ring (bicyclic) bond motifs is 5. The monoisotopic (exact) mass is 477 g/mol. The van der Waals surface area contributed by atoms with Crippen LogP contribution < -0.4 is 5.32 Å². The molecule has 2 amide bonds. The van der Waals surface area contributed by atoms with Gasteiger partial charge in [-0.2, -0.15) is 0 Å². The fourth-order valence-electron chi connectivity index (χ4n) is 5.94. The lowest BCUT2D eigenvalue weighted by atomic mass is 9.98. The van der Waals surface area contributed by atoms with Crippen molar-refractivity contribution in [3.8, 4) is 11.1 Å². The maximum absolute atomic E-state index is 13.5. The van der Waals surface area contributed by atoms with E-state index in [1.54, 1.807) is 0 Å². The minimum Gasteiger partial charge on any atom is -0.481 e. The Morgan fingerprint density at radius 2 is 1.63 bits per heavy atom. The van der Waals surface area contributed by atoms with Crippen LogP contribution in [-0.2, 0) is 14.3 Å². The largest absolute Gasteiger partial charge is 0.481 e. The van der Waals surface area contributed by atoms with Crippen molar-refractivity contribution in [2.75, 3.05) is 26.7 Å². The number of ether oxygens (including phenoxy) is 1. The van der Waals surface area contributed by atoms with Crippen molar-refractivity contribution in [2.24, 2.45) is 0 Å². The summed E-state index contributed by atoms with van der Waals surface area (Å²) in [5.41, 5.74) is 4.42. The Morgan fingerprint density at radius 3 is 2.29 bits per heavy atom. The molecule has 2 aromatic rings. The number of nitrogens with zero attached hydrogens (tertiary/aromatic N) is 2. The molecule has 0 aromatic heterocycles. The van der Waals surface area contributed by atoms with E-state index in [0.29, 0.717) is 0 Å². The van der Waals surface area contributed by atoms with Gasteiger partial charge in [-0.05, 0) is 55.1 Å². The first-order chi connectivity index (χ1) is 16.9. The first-order valence-corrected chi connectivity index (χ1v) is 12.3. The molecule has 0 saturated carbocycles. The highest BCUT2D eigenvalue weighted by molar-refractivity contribution is 5.90. The molecule has 8 heteroatoms. The van der Waals surface area contributed by atoms with Crippen molar-refractivity contribution in [3.63, 3.8) is 0 Å². The molecule has 2 N–H and O–H groups in total. The van der Waals surface area contributed by atoms with Crippen molar-refractivity contribution >= 4 is 18.0 Å². The zero-order chi connectivity index (χ0) is 24.5. The van der Waals surface area contributed by atoms with Crippen LogP contribution in [-0.4, -0.2) is 77.7 Å². The molecular weight excluding hydrogens is 446 g/mol. The number of carboxylic acid groups (broad SMARTS) is 1. The van der Waals surface area contributed by atoms with E-state index >= 15 is 0 Å². The maximum atomic E-state index is 13.5. The van der Waals surface area contributed by atoms with Gasteiger partial charge in [0.15, 0.2) is 0 Å². The van der Waals surface area contributed by atoms with E-state index in [1.165, 1.54) is 0 Å². The molecule has 2 aliphatic heterocycles. The highest BCUT2D eigenvalue weighted by Crippen LogP contribution is 2.44. The van der Waals surface area contributed by atoms with Gasteiger partial charge in [-0.3, -0.25) is 9.59 Å². The quantitative estimate of drug-likeness (QED) is 0.664. The summed E-state index contributed by atoms with van der Waals surface area (Å²) in [5.74, 6) is -1.58. The topological polar surface area (TPSA) is 99.2 Å². The van der Waals surface area contributed by atoms with Gasteiger partial charge in [-0.15, -0.1) is 0 Å². The number of hydrogen-bond acceptors (Lipinski definition) is 5. The van der Waals surface area contributed by atoms with Crippen molar-refractivity contribution in [2.45, 2.75) is 49.7 Å². The highest BCUT2D eigenvalue weighted by Gasteiger charge is 2.42. The van der Waals surface area contributed by atoms with Gasteiger partial charge in [0, 0.05) is 24.5 Å². The lowest BCUT2D eigenvalue weighted by Gasteiger charge is -2.31. The van der Waals surface area contributed by atoms with Gasteiger partial charge in [0.05, 0.1) is 6.42 Å². The van der Waals surface area contributed by atoms with Crippen LogP contribution in [0.3, 0.4) is 0 Å². The number of rotatable bonds is 6. The van der Waals surface area contributed by atoms with Crippen LogP contribution in [0.25, 0.3) is 11.1 Å². The summed E-state index contributed by atoms with van der Waals surface area (Å²) in [6.07, 6.45) is 1.41. The third-order valence-corrected chi connectivity index (χ3v) is 7.55. The van der Waals surface area contributed by atoms with Crippen LogP contribution in [0.5, 0.6) is 0 Å². The molecule has 1 unspecified atom stereocenters. The molecule has 0 radical (unpaired) electrons. The third-order valence-electron chi connectivity index (χ3n) is 7.55. The molecule has 2 aromatic carbocycles. The van der Waals surface area contributed by atoms with Crippen molar-refractivity contribution < 1.29 is 24.2 Å². The van der Waals surface area contributed by atoms with Gasteiger partial charge >= 0.3 is 12.1 Å². The lowest BCUT2D eigenvalue weighted by molar-refractivity contribution is -0.143. The molecule has 0 spiro atoms. The van der Waals surface area contributed by atoms with Crippen LogP contribution >= 0.6 is 0 Å². The minimum absolute atomic E-state index is 0.0422. The minimum atomic E-state index is -1.16. The fraction of sp³-hybridized carbons (Fsp3) is 0.444. The molecule has 8 nitrogen and oxygen atoms in total. The molecule has 184 valence electrons. The summed E-state index contributed by atoms with van der Waals surface area (Å²) in [5, 5.41) is 12.0. The summed E-state index contributed by atoms with van der Waals surface area (Å²) in [4.78, 5) is 41.8. The first-order valence-electron chi connectivity index (χ1n) is 12.3. The highest BCUT2D eigenvalue weighted by atomic mass is 16.5. The van der Waals surface area contributed by atoms with E-state index in [0.717, 1.165) is 54.6 Å². The Labute approximate surface area is 204 Å². The summed E-state index contributed by atoms with van der Waals surface area (Å²) in [6, 6.07) is 15.1. The van der Waals surface area contributed by atoms with Crippen molar-refractivity contribution in [1.82, 2.24) is 15.1 Å². The number of nitrogens with one attached hydrogen (secondary N) is 1. The van der Waals surface area contributed by atoms with E-state index in [9.17, 15) is 19.5 Å². The number of benzene rings is 2. The van der Waals surface area contributed by atoms with Crippen LogP contribution in [0.15, 0.2) is 48.5 Å². The van der Waals surface area contributed by atoms with E-state index in [-0.39, 0.29) is 30.5 Å². The Hall–Kier alpha value is -3.39. The van der Waals surface area contributed by atoms with Gasteiger partial charge in [0.1, 0.15) is 12.6 Å². The molecule has 2 saturated heterocycles. The number of alkyl carbamates (subject to hydrolysis) is 1. The predicted octanol–water partition coefficient (Wildman–Crippen LogP) is 3.06. The summed E-state index contributed by atoms with van der Waals surface area (Å²) in [6.45, 7) is 1.76. The van der Waals surface area contributed by atoms with E-state index in [4.69, 9.17) is 4.74 Å². The molecule has 2 heterocycles. The number of aliphatic carboxylic acids is 1. The first kappa shape index (κ1) is 23.4. The van der Waals surface area contributed by atoms with Gasteiger partial charge < -0.3 is 25.0 Å². The number of carboxylic acids is 1. The Balaban J connectivity index is 1.28. The number of amides is 2. The van der Waals surface area contributed by atoms with Gasteiger partial charge in [-0.25, -0.2) is 4.79 Å². The summed E-state index contributed by atoms with van der Waals surface area (Å²) < 4.78 is 5.58. The molecule has 2 fully saturated rings. The van der Waals surface area contributed by atoms with Crippen LogP contribution in [0, 0.1) is 0 Å². The predicted molar refractivity (Wildman–Crippen MR) is 130 cm³/mol. The number of likely N-dealkylation sites (tertiary alicyclic amines) is 1. The van der Waals surface area contributed by atoms with E-state index < -0.39 is 24.5 Å². The Bertz CT molecular complexity index is 1090. The summed E-state index contributed by atoms with van der Waals surface area (Å²) in [7, 11) is 2.03. The third kappa shape index (κ3) is 4.62. The zero-order valence-corrected chi connectivity index (χ0v) is 19.9. The second-order valence-corrected chi connectivity index (χ2v) is 9.80. The number of hydrogen-bond donors (Lipinski definition) is 2. The second kappa shape index (κ2) is 9.70. The fourth-order valence-corrected chi connectivity index (χ4v) is 5.94. The smallest absolute Gasteiger partial charge is 0.407 e. The number of carbonyl (C=O) groups is 3. The maximum Gasteiger partial charge on any atom is 0.407 e. The van der Waals surface area contributed by atoms with E-state index in [1.807, 2.05) is 48.3 Å². The van der Waals surface area contributed by atoms with Crippen molar-refractivity contribution in [1.29, 1.82) is 0 Å². The second-order valence-electron chi connectivity index (χ2n) is 9.80. The number of likely N-dealkylation sites (N-methyl/N-ethyl adjacent to an activating group) is 1. The molecule has 2 bridgehead atoms. The average Bonchev–Trinajstić information content (AvgIpc) is 3.33. The van der Waals surface area contributed by atoms with Crippen LogP contribution in [0.4, 0.5) is 4.79 Å². The standard InChI is InChI=1S/C27H31N3O5/c1-29-13-12-17-10-11-18(15-29)30(17)26(33)24(14-25(31)32)28-27(34)35-16-23-21-8-4-2-6-19(21)20-7-3-5-9-22(20)23/h2-9,17-18,23-24H,10-16H2,1H3,(H,28,34)(H,31,32)/t17-,18+,24?/m0/s1. The van der Waals surface area contributed by atoms with Gasteiger partial charge in [-0.1, -0.05) is 48.5 Å². The SMILES string of the molecule is CN1CC[C@@H]2CC[C@H](C1)N2C(=O)C(CC(=O)O)NC(=O)OCC1c2ccccc2-c2ccccc21. The lowest BCUT2D eigenvalue weighted by Crippen LogP contribution is -2.53. The van der Waals surface area contributed by atoms with Crippen molar-refractivity contribution in [3.05, 3.63) is 59.7 Å².